The molecule has 0 aromatic heterocycles. The quantitative estimate of drug-likeness (QED) is 0.606. The maximum Gasteiger partial charge on any atom is 0.207 e. The fourth-order valence-electron chi connectivity index (χ4n) is 6.67. The van der Waals surface area contributed by atoms with Gasteiger partial charge in [0, 0.05) is 17.8 Å². The second-order valence-electron chi connectivity index (χ2n) is 9.83. The van der Waals surface area contributed by atoms with E-state index in [1.54, 1.807) is 0 Å². The molecule has 5 fully saturated rings. The molecule has 2 aromatic carbocycles. The fourth-order valence-corrected chi connectivity index (χ4v) is 6.67. The van der Waals surface area contributed by atoms with Crippen LogP contribution in [0, 0.1) is 23.7 Å². The zero-order valence-corrected chi connectivity index (χ0v) is 17.1. The van der Waals surface area contributed by atoms with Gasteiger partial charge in [-0.05, 0) is 60.6 Å². The molecule has 1 saturated heterocycles. The highest BCUT2D eigenvalue weighted by Crippen LogP contribution is 2.60. The lowest BCUT2D eigenvalue weighted by Gasteiger charge is -2.60. The third-order valence-electron chi connectivity index (χ3n) is 8.15. The summed E-state index contributed by atoms with van der Waals surface area (Å²) in [5, 5.41) is 0. The first kappa shape index (κ1) is 18.1. The maximum absolute atomic E-state index is 6.54. The second-order valence-corrected chi connectivity index (χ2v) is 9.83. The van der Waals surface area contributed by atoms with E-state index in [4.69, 9.17) is 14.5 Å². The van der Waals surface area contributed by atoms with Crippen LogP contribution in [0.25, 0.3) is 11.1 Å². The number of rotatable bonds is 3. The second kappa shape index (κ2) is 6.94. The molecule has 0 N–H and O–H groups in total. The Morgan fingerprint density at radius 3 is 2.00 bits per heavy atom. The van der Waals surface area contributed by atoms with Gasteiger partial charge in [0.05, 0.1) is 6.61 Å². The van der Waals surface area contributed by atoms with Crippen molar-refractivity contribution in [2.45, 2.75) is 56.8 Å². The van der Waals surface area contributed by atoms with Crippen molar-refractivity contribution in [3.8, 4) is 11.1 Å². The smallest absolute Gasteiger partial charge is 0.207 e. The Kier molecular flexibility index (Phi) is 4.33. The third-order valence-corrected chi connectivity index (χ3v) is 8.15. The zero-order chi connectivity index (χ0) is 19.4. The molecule has 2 atom stereocenters. The third kappa shape index (κ3) is 2.98. The summed E-state index contributed by atoms with van der Waals surface area (Å²) < 4.78 is 6.54. The van der Waals surface area contributed by atoms with Gasteiger partial charge in [-0.15, -0.1) is 0 Å². The highest BCUT2D eigenvalue weighted by atomic mass is 17.2. The molecule has 4 saturated carbocycles. The molecule has 3 nitrogen and oxygen atoms in total. The SMILES string of the molecule is CC(c1ccc(-c2ccccc2)cc1)C1COC2(OO1)C1CC3CC(C1)CC2C3. The van der Waals surface area contributed by atoms with Crippen molar-refractivity contribution in [3.63, 3.8) is 0 Å². The molecule has 1 aliphatic heterocycles. The predicted molar refractivity (Wildman–Crippen MR) is 112 cm³/mol. The van der Waals surface area contributed by atoms with E-state index in [-0.39, 0.29) is 12.0 Å². The summed E-state index contributed by atoms with van der Waals surface area (Å²) in [6.07, 6.45) is 6.42. The summed E-state index contributed by atoms with van der Waals surface area (Å²) in [6, 6.07) is 19.3. The Balaban J connectivity index is 1.14. The van der Waals surface area contributed by atoms with Crippen LogP contribution in [-0.2, 0) is 14.5 Å². The van der Waals surface area contributed by atoms with Crippen LogP contribution in [-0.4, -0.2) is 18.5 Å². The fraction of sp³-hybridized carbons (Fsp3) is 0.538. The van der Waals surface area contributed by atoms with E-state index in [1.165, 1.54) is 48.8 Å². The lowest BCUT2D eigenvalue weighted by Crippen LogP contribution is -2.63. The number of hydrogen-bond donors (Lipinski definition) is 0. The van der Waals surface area contributed by atoms with Crippen LogP contribution in [0.15, 0.2) is 54.6 Å². The van der Waals surface area contributed by atoms with Crippen LogP contribution < -0.4 is 0 Å². The van der Waals surface area contributed by atoms with Crippen molar-refractivity contribution in [1.82, 2.24) is 0 Å². The lowest BCUT2D eigenvalue weighted by molar-refractivity contribution is -0.526. The van der Waals surface area contributed by atoms with Gasteiger partial charge in [-0.1, -0.05) is 61.5 Å². The number of hydrogen-bond acceptors (Lipinski definition) is 3. The molecule has 2 unspecified atom stereocenters. The summed E-state index contributed by atoms with van der Waals surface area (Å²) in [7, 11) is 0. The monoisotopic (exact) mass is 390 g/mol. The van der Waals surface area contributed by atoms with Gasteiger partial charge in [0.15, 0.2) is 0 Å². The molecule has 4 bridgehead atoms. The summed E-state index contributed by atoms with van der Waals surface area (Å²) in [4.78, 5) is 12.2. The molecule has 1 spiro atoms. The van der Waals surface area contributed by atoms with Gasteiger partial charge in [0.2, 0.25) is 5.79 Å². The van der Waals surface area contributed by atoms with E-state index in [2.05, 4.69) is 61.5 Å². The van der Waals surface area contributed by atoms with E-state index in [9.17, 15) is 0 Å². The average Bonchev–Trinajstić information content (AvgIpc) is 2.78. The topological polar surface area (TPSA) is 27.7 Å². The Bertz CT molecular complexity index is 821. The number of ether oxygens (including phenoxy) is 1. The first-order valence-electron chi connectivity index (χ1n) is 11.3. The van der Waals surface area contributed by atoms with Crippen LogP contribution >= 0.6 is 0 Å². The Morgan fingerprint density at radius 2 is 1.41 bits per heavy atom. The van der Waals surface area contributed by atoms with Gasteiger partial charge in [0.25, 0.3) is 0 Å². The molecule has 0 amide bonds. The molecule has 29 heavy (non-hydrogen) atoms. The minimum Gasteiger partial charge on any atom is -0.344 e. The van der Waals surface area contributed by atoms with Crippen LogP contribution in [0.4, 0.5) is 0 Å². The van der Waals surface area contributed by atoms with E-state index in [0.717, 1.165) is 11.8 Å². The van der Waals surface area contributed by atoms with E-state index < -0.39 is 5.79 Å². The van der Waals surface area contributed by atoms with Crippen LogP contribution in [0.2, 0.25) is 0 Å². The molecular formula is C26H30O3. The molecule has 1 heterocycles. The van der Waals surface area contributed by atoms with Crippen molar-refractivity contribution in [3.05, 3.63) is 60.2 Å². The summed E-state index contributed by atoms with van der Waals surface area (Å²) >= 11 is 0. The van der Waals surface area contributed by atoms with Gasteiger partial charge in [-0.2, -0.15) is 0 Å². The molecule has 5 aliphatic rings. The molecule has 4 aliphatic carbocycles. The maximum atomic E-state index is 6.54. The molecule has 152 valence electrons. The van der Waals surface area contributed by atoms with Crippen molar-refractivity contribution >= 4 is 0 Å². The summed E-state index contributed by atoms with van der Waals surface area (Å²) in [6.45, 7) is 2.84. The molecule has 7 rings (SSSR count). The number of benzene rings is 2. The molecular weight excluding hydrogens is 360 g/mol. The van der Waals surface area contributed by atoms with Crippen LogP contribution in [0.3, 0.4) is 0 Å². The lowest BCUT2D eigenvalue weighted by atomic mass is 9.53. The normalized spacial score (nSPS) is 39.0. The van der Waals surface area contributed by atoms with Gasteiger partial charge < -0.3 is 4.74 Å². The minimum atomic E-state index is -0.458. The summed E-state index contributed by atoms with van der Waals surface area (Å²) in [5.74, 6) is 2.63. The molecule has 0 radical (unpaired) electrons. The minimum absolute atomic E-state index is 0.0552. The van der Waals surface area contributed by atoms with Crippen molar-refractivity contribution in [1.29, 1.82) is 0 Å². The van der Waals surface area contributed by atoms with Crippen molar-refractivity contribution in [2.24, 2.45) is 23.7 Å². The van der Waals surface area contributed by atoms with E-state index in [0.29, 0.717) is 18.4 Å². The van der Waals surface area contributed by atoms with E-state index in [1.807, 2.05) is 0 Å². The van der Waals surface area contributed by atoms with Gasteiger partial charge >= 0.3 is 0 Å². The van der Waals surface area contributed by atoms with Crippen LogP contribution in [0.1, 0.15) is 50.5 Å². The molecule has 3 heteroatoms. The highest BCUT2D eigenvalue weighted by molar-refractivity contribution is 5.63. The average molecular weight is 391 g/mol. The standard InChI is InChI=1S/C26H30O3/c1-17(20-7-9-22(10-8-20)21-5-3-2-4-6-21)25-16-27-26(29-28-25)23-12-18-11-19(14-23)15-24(26)13-18/h2-10,17-19,23-25H,11-16H2,1H3. The van der Waals surface area contributed by atoms with Gasteiger partial charge in [-0.3, -0.25) is 0 Å². The first-order valence-corrected chi connectivity index (χ1v) is 11.3. The highest BCUT2D eigenvalue weighted by Gasteiger charge is 2.61. The Hall–Kier alpha value is -1.68. The largest absolute Gasteiger partial charge is 0.344 e. The van der Waals surface area contributed by atoms with Crippen molar-refractivity contribution < 1.29 is 14.5 Å². The van der Waals surface area contributed by atoms with Gasteiger partial charge in [-0.25, -0.2) is 9.78 Å². The summed E-state index contributed by atoms with van der Waals surface area (Å²) in [5.41, 5.74) is 3.75. The zero-order valence-electron chi connectivity index (χ0n) is 17.1. The van der Waals surface area contributed by atoms with E-state index >= 15 is 0 Å². The predicted octanol–water partition coefficient (Wildman–Crippen LogP) is 5.96. The van der Waals surface area contributed by atoms with Crippen molar-refractivity contribution in [2.75, 3.05) is 6.61 Å². The Morgan fingerprint density at radius 1 is 0.793 bits per heavy atom. The van der Waals surface area contributed by atoms with Gasteiger partial charge in [0.1, 0.15) is 6.10 Å². The van der Waals surface area contributed by atoms with Crippen LogP contribution in [0.5, 0.6) is 0 Å². The Labute approximate surface area is 173 Å². The first-order chi connectivity index (χ1) is 14.2. The molecule has 2 aromatic rings.